The first-order valence-electron chi connectivity index (χ1n) is 6.78. The predicted molar refractivity (Wildman–Crippen MR) is 84.4 cm³/mol. The highest BCUT2D eigenvalue weighted by Crippen LogP contribution is 2.21. The van der Waals surface area contributed by atoms with Crippen LogP contribution in [0.15, 0.2) is 17.5 Å². The molecule has 0 spiro atoms. The first-order chi connectivity index (χ1) is 10.1. The van der Waals surface area contributed by atoms with E-state index in [9.17, 15) is 0 Å². The highest BCUT2D eigenvalue weighted by molar-refractivity contribution is 7.09. The number of nitrogens with one attached hydrogen (secondary N) is 1. The number of nitrogen functional groups attached to an aromatic ring is 1. The van der Waals surface area contributed by atoms with Crippen LogP contribution in [0.5, 0.6) is 6.01 Å². The van der Waals surface area contributed by atoms with E-state index < -0.39 is 0 Å². The monoisotopic (exact) mass is 308 g/mol. The standard InChI is InChI=1S/C13H20N6OS/c1-4-20-13-16-11(18-14)15-12(17-13)19(9(2)3)8-10-6-5-7-21-10/h5-7,9H,4,8,14H2,1-3H3,(H,15,16,17,18). The SMILES string of the molecule is CCOc1nc(NN)nc(N(Cc2cccs2)C(C)C)n1. The maximum absolute atomic E-state index is 5.42. The van der Waals surface area contributed by atoms with Gasteiger partial charge in [0.2, 0.25) is 11.9 Å². The highest BCUT2D eigenvalue weighted by atomic mass is 32.1. The summed E-state index contributed by atoms with van der Waals surface area (Å²) in [6.45, 7) is 7.28. The Balaban J connectivity index is 2.32. The zero-order valence-electron chi connectivity index (χ0n) is 12.4. The average Bonchev–Trinajstić information content (AvgIpc) is 2.97. The second kappa shape index (κ2) is 7.19. The van der Waals surface area contributed by atoms with Crippen LogP contribution in [0, 0.1) is 0 Å². The molecule has 2 rings (SSSR count). The third-order valence-electron chi connectivity index (χ3n) is 2.79. The van der Waals surface area contributed by atoms with Crippen LogP contribution in [-0.4, -0.2) is 27.6 Å². The Morgan fingerprint density at radius 1 is 1.38 bits per heavy atom. The Hall–Kier alpha value is -1.93. The number of aromatic nitrogens is 3. The van der Waals surface area contributed by atoms with Gasteiger partial charge in [-0.3, -0.25) is 5.43 Å². The van der Waals surface area contributed by atoms with Crippen molar-refractivity contribution in [1.29, 1.82) is 0 Å². The van der Waals surface area contributed by atoms with Crippen LogP contribution in [0.2, 0.25) is 0 Å². The molecule has 0 bridgehead atoms. The van der Waals surface area contributed by atoms with E-state index in [2.05, 4.69) is 50.6 Å². The number of hydrogen-bond acceptors (Lipinski definition) is 8. The molecule has 0 aliphatic rings. The molecular weight excluding hydrogens is 288 g/mol. The minimum Gasteiger partial charge on any atom is -0.464 e. The van der Waals surface area contributed by atoms with Crippen molar-refractivity contribution >= 4 is 23.2 Å². The molecule has 0 saturated carbocycles. The summed E-state index contributed by atoms with van der Waals surface area (Å²) in [5.74, 6) is 6.26. The van der Waals surface area contributed by atoms with Crippen molar-refractivity contribution < 1.29 is 4.74 Å². The normalized spacial score (nSPS) is 10.7. The molecule has 0 atom stereocenters. The van der Waals surface area contributed by atoms with E-state index in [4.69, 9.17) is 10.6 Å². The minimum absolute atomic E-state index is 0.231. The predicted octanol–water partition coefficient (Wildman–Crippen LogP) is 2.03. The van der Waals surface area contributed by atoms with Crippen LogP contribution in [0.3, 0.4) is 0 Å². The van der Waals surface area contributed by atoms with Gasteiger partial charge in [0.25, 0.3) is 0 Å². The van der Waals surface area contributed by atoms with Crippen LogP contribution >= 0.6 is 11.3 Å². The van der Waals surface area contributed by atoms with Crippen LogP contribution in [0.4, 0.5) is 11.9 Å². The molecular formula is C13H20N6OS. The lowest BCUT2D eigenvalue weighted by Gasteiger charge is -2.26. The third-order valence-corrected chi connectivity index (χ3v) is 3.65. The summed E-state index contributed by atoms with van der Waals surface area (Å²) in [5.41, 5.74) is 2.45. The minimum atomic E-state index is 0.231. The van der Waals surface area contributed by atoms with Gasteiger partial charge < -0.3 is 9.64 Å². The molecule has 0 unspecified atom stereocenters. The van der Waals surface area contributed by atoms with Gasteiger partial charge >= 0.3 is 6.01 Å². The van der Waals surface area contributed by atoms with Gasteiger partial charge in [-0.2, -0.15) is 15.0 Å². The maximum Gasteiger partial charge on any atom is 0.323 e. The summed E-state index contributed by atoms with van der Waals surface area (Å²) in [4.78, 5) is 16.1. The number of hydrogen-bond donors (Lipinski definition) is 2. The molecule has 0 aliphatic heterocycles. The fraction of sp³-hybridized carbons (Fsp3) is 0.462. The summed E-state index contributed by atoms with van der Waals surface area (Å²) in [7, 11) is 0. The molecule has 114 valence electrons. The lowest BCUT2D eigenvalue weighted by molar-refractivity contribution is 0.311. The molecule has 7 nitrogen and oxygen atoms in total. The zero-order valence-corrected chi connectivity index (χ0v) is 13.2. The Labute approximate surface area is 128 Å². The van der Waals surface area contributed by atoms with Crippen LogP contribution in [0.1, 0.15) is 25.6 Å². The number of rotatable bonds is 7. The van der Waals surface area contributed by atoms with Crippen molar-refractivity contribution in [3.05, 3.63) is 22.4 Å². The number of nitrogens with two attached hydrogens (primary N) is 1. The van der Waals surface area contributed by atoms with E-state index in [1.165, 1.54) is 4.88 Å². The van der Waals surface area contributed by atoms with E-state index in [1.54, 1.807) is 11.3 Å². The molecule has 2 aromatic heterocycles. The van der Waals surface area contributed by atoms with Crippen molar-refractivity contribution in [1.82, 2.24) is 15.0 Å². The summed E-state index contributed by atoms with van der Waals surface area (Å²) >= 11 is 1.70. The number of anilines is 2. The number of ether oxygens (including phenoxy) is 1. The molecule has 2 heterocycles. The Bertz CT molecular complexity index is 560. The van der Waals surface area contributed by atoms with Crippen molar-refractivity contribution in [2.24, 2.45) is 5.84 Å². The highest BCUT2D eigenvalue weighted by Gasteiger charge is 2.17. The van der Waals surface area contributed by atoms with Crippen LogP contribution < -0.4 is 20.9 Å². The molecule has 2 aromatic rings. The number of thiophene rings is 1. The van der Waals surface area contributed by atoms with Gasteiger partial charge in [-0.1, -0.05) is 6.07 Å². The van der Waals surface area contributed by atoms with Gasteiger partial charge in [0.15, 0.2) is 0 Å². The lowest BCUT2D eigenvalue weighted by Crippen LogP contribution is -2.32. The van der Waals surface area contributed by atoms with E-state index in [0.717, 1.165) is 6.54 Å². The van der Waals surface area contributed by atoms with Crippen LogP contribution in [0.25, 0.3) is 0 Å². The van der Waals surface area contributed by atoms with Crippen molar-refractivity contribution in [3.8, 4) is 6.01 Å². The van der Waals surface area contributed by atoms with Crippen molar-refractivity contribution in [3.63, 3.8) is 0 Å². The number of nitrogens with zero attached hydrogens (tertiary/aromatic N) is 4. The van der Waals surface area contributed by atoms with E-state index >= 15 is 0 Å². The summed E-state index contributed by atoms with van der Waals surface area (Å²) < 4.78 is 5.37. The quantitative estimate of drug-likeness (QED) is 0.597. The number of hydrazine groups is 1. The fourth-order valence-electron chi connectivity index (χ4n) is 1.79. The maximum atomic E-state index is 5.42. The molecule has 8 heteroatoms. The van der Waals surface area contributed by atoms with Gasteiger partial charge in [0.05, 0.1) is 13.2 Å². The third kappa shape index (κ3) is 4.02. The smallest absolute Gasteiger partial charge is 0.323 e. The van der Waals surface area contributed by atoms with Crippen molar-refractivity contribution in [2.45, 2.75) is 33.4 Å². The van der Waals surface area contributed by atoms with E-state index in [0.29, 0.717) is 18.5 Å². The van der Waals surface area contributed by atoms with E-state index in [-0.39, 0.29) is 12.1 Å². The second-order valence-corrected chi connectivity index (χ2v) is 5.65. The Morgan fingerprint density at radius 3 is 2.76 bits per heavy atom. The average molecular weight is 308 g/mol. The Morgan fingerprint density at radius 2 is 2.19 bits per heavy atom. The molecule has 21 heavy (non-hydrogen) atoms. The topological polar surface area (TPSA) is 89.2 Å². The second-order valence-electron chi connectivity index (χ2n) is 4.62. The van der Waals surface area contributed by atoms with E-state index in [1.807, 2.05) is 13.0 Å². The summed E-state index contributed by atoms with van der Waals surface area (Å²) in [5, 5.41) is 2.06. The first-order valence-corrected chi connectivity index (χ1v) is 7.66. The summed E-state index contributed by atoms with van der Waals surface area (Å²) in [6, 6.07) is 4.62. The van der Waals surface area contributed by atoms with Gasteiger partial charge in [-0.05, 0) is 32.2 Å². The molecule has 0 radical (unpaired) electrons. The lowest BCUT2D eigenvalue weighted by atomic mass is 10.3. The summed E-state index contributed by atoms with van der Waals surface area (Å²) in [6.07, 6.45) is 0. The Kier molecular flexibility index (Phi) is 5.29. The molecule has 3 N–H and O–H groups in total. The van der Waals surface area contributed by atoms with Crippen molar-refractivity contribution in [2.75, 3.05) is 16.9 Å². The van der Waals surface area contributed by atoms with Gasteiger partial charge in [0, 0.05) is 10.9 Å². The largest absolute Gasteiger partial charge is 0.464 e. The fourth-order valence-corrected chi connectivity index (χ4v) is 2.49. The molecule has 0 aromatic carbocycles. The van der Waals surface area contributed by atoms with Gasteiger partial charge in [-0.15, -0.1) is 11.3 Å². The first kappa shape index (κ1) is 15.5. The molecule has 0 fully saturated rings. The van der Waals surface area contributed by atoms with Gasteiger partial charge in [0.1, 0.15) is 0 Å². The molecule has 0 amide bonds. The molecule has 0 saturated heterocycles. The van der Waals surface area contributed by atoms with Crippen LogP contribution in [-0.2, 0) is 6.54 Å². The molecule has 0 aliphatic carbocycles. The van der Waals surface area contributed by atoms with Gasteiger partial charge in [-0.25, -0.2) is 5.84 Å². The zero-order chi connectivity index (χ0) is 15.2.